The van der Waals surface area contributed by atoms with E-state index >= 15 is 0 Å². The number of rotatable bonds is 5. The summed E-state index contributed by atoms with van der Waals surface area (Å²) in [6.07, 6.45) is -1.23. The van der Waals surface area contributed by atoms with Crippen molar-refractivity contribution in [1.82, 2.24) is 15.5 Å². The Kier molecular flexibility index (Phi) is 5.49. The van der Waals surface area contributed by atoms with E-state index in [1.165, 1.54) is 11.0 Å². The fourth-order valence-electron chi connectivity index (χ4n) is 4.46. The van der Waals surface area contributed by atoms with Crippen LogP contribution in [0.15, 0.2) is 105 Å². The Balaban J connectivity index is 1.44. The molecule has 0 fully saturated rings. The van der Waals surface area contributed by atoms with Crippen LogP contribution in [-0.4, -0.2) is 33.8 Å². The number of anilines is 1. The molecule has 182 valence electrons. The first-order valence-corrected chi connectivity index (χ1v) is 11.7. The molecule has 3 aromatic carbocycles. The van der Waals surface area contributed by atoms with Gasteiger partial charge in [0.2, 0.25) is 6.17 Å². The monoisotopic (exact) mass is 491 g/mol. The van der Waals surface area contributed by atoms with Gasteiger partial charge in [0.15, 0.2) is 5.76 Å². The third-order valence-electron chi connectivity index (χ3n) is 6.19. The van der Waals surface area contributed by atoms with E-state index in [-0.39, 0.29) is 12.3 Å². The van der Waals surface area contributed by atoms with Gasteiger partial charge in [0, 0.05) is 28.1 Å². The number of nitrogens with zero attached hydrogens (tertiary/aromatic N) is 2. The Morgan fingerprint density at radius 2 is 1.70 bits per heavy atom. The highest BCUT2D eigenvalue weighted by Gasteiger charge is 2.34. The SMILES string of the molecule is O=C(NC1N=C(c2ccccc2)c2ccccc2N(Cc2cc(=O)[nH]o2)C1=O)c1cc2ccccc2[nH]1. The second kappa shape index (κ2) is 9.12. The predicted octanol–water partition coefficient (Wildman–Crippen LogP) is 3.59. The number of aliphatic imine (C=N–C) groups is 1. The van der Waals surface area contributed by atoms with E-state index in [1.54, 1.807) is 12.1 Å². The van der Waals surface area contributed by atoms with E-state index in [4.69, 9.17) is 9.52 Å². The number of carbonyl (C=O) groups excluding carboxylic acids is 2. The van der Waals surface area contributed by atoms with Gasteiger partial charge in [-0.3, -0.25) is 14.4 Å². The molecule has 1 aliphatic rings. The first-order chi connectivity index (χ1) is 18.1. The molecule has 1 aliphatic heterocycles. The summed E-state index contributed by atoms with van der Waals surface area (Å²) in [5.41, 5.74) is 3.37. The van der Waals surface area contributed by atoms with Crippen molar-refractivity contribution in [2.24, 2.45) is 4.99 Å². The van der Waals surface area contributed by atoms with Crippen LogP contribution in [0.2, 0.25) is 0 Å². The Morgan fingerprint density at radius 1 is 0.946 bits per heavy atom. The number of benzodiazepines with no additional fused rings is 1. The molecule has 1 unspecified atom stereocenters. The standard InChI is InChI=1S/C28H21N5O4/c34-24-15-19(37-32-24)16-33-23-13-7-5-11-20(23)25(17-8-2-1-3-9-17)30-26(28(33)36)31-27(35)22-14-18-10-4-6-12-21(18)29-22/h1-15,26,29H,16H2,(H,31,35)(H,32,34). The second-order valence-corrected chi connectivity index (χ2v) is 8.61. The highest BCUT2D eigenvalue weighted by atomic mass is 16.5. The smallest absolute Gasteiger partial charge is 0.280 e. The number of aromatic amines is 2. The third-order valence-corrected chi connectivity index (χ3v) is 6.19. The minimum Gasteiger partial charge on any atom is -0.382 e. The first-order valence-electron chi connectivity index (χ1n) is 11.7. The summed E-state index contributed by atoms with van der Waals surface area (Å²) < 4.78 is 5.24. The van der Waals surface area contributed by atoms with Crippen LogP contribution in [-0.2, 0) is 11.3 Å². The van der Waals surface area contributed by atoms with E-state index in [2.05, 4.69) is 15.5 Å². The molecule has 0 saturated carbocycles. The number of benzene rings is 3. The van der Waals surface area contributed by atoms with Gasteiger partial charge in [-0.05, 0) is 18.2 Å². The zero-order chi connectivity index (χ0) is 25.4. The first kappa shape index (κ1) is 22.3. The highest BCUT2D eigenvalue weighted by Crippen LogP contribution is 2.29. The number of nitrogens with one attached hydrogen (secondary N) is 3. The molecule has 0 spiro atoms. The van der Waals surface area contributed by atoms with Gasteiger partial charge < -0.3 is 19.7 Å². The number of fused-ring (bicyclic) bond motifs is 2. The summed E-state index contributed by atoms with van der Waals surface area (Å²) in [7, 11) is 0. The minimum absolute atomic E-state index is 0.0229. The van der Waals surface area contributed by atoms with Gasteiger partial charge >= 0.3 is 0 Å². The fourth-order valence-corrected chi connectivity index (χ4v) is 4.46. The average molecular weight is 492 g/mol. The summed E-state index contributed by atoms with van der Waals surface area (Å²) in [4.78, 5) is 48.2. The zero-order valence-electron chi connectivity index (χ0n) is 19.5. The van der Waals surface area contributed by atoms with Crippen LogP contribution in [0.1, 0.15) is 27.4 Å². The molecule has 3 N–H and O–H groups in total. The number of amides is 2. The van der Waals surface area contributed by atoms with Crippen molar-refractivity contribution in [1.29, 1.82) is 0 Å². The molecule has 9 nitrogen and oxygen atoms in total. The number of hydrogen-bond donors (Lipinski definition) is 3. The molecule has 0 aliphatic carbocycles. The lowest BCUT2D eigenvalue weighted by Gasteiger charge is -2.24. The summed E-state index contributed by atoms with van der Waals surface area (Å²) in [5.74, 6) is -0.659. The maximum Gasteiger partial charge on any atom is 0.280 e. The molecule has 1 atom stereocenters. The van der Waals surface area contributed by atoms with E-state index in [0.717, 1.165) is 16.5 Å². The van der Waals surface area contributed by atoms with E-state index < -0.39 is 23.5 Å². The van der Waals surface area contributed by atoms with Crippen molar-refractivity contribution in [2.75, 3.05) is 4.90 Å². The van der Waals surface area contributed by atoms with Crippen LogP contribution in [0, 0.1) is 0 Å². The van der Waals surface area contributed by atoms with Crippen molar-refractivity contribution in [3.63, 3.8) is 0 Å². The Morgan fingerprint density at radius 3 is 2.49 bits per heavy atom. The van der Waals surface area contributed by atoms with Crippen molar-refractivity contribution in [3.8, 4) is 0 Å². The molecule has 9 heteroatoms. The van der Waals surface area contributed by atoms with Crippen LogP contribution in [0.5, 0.6) is 0 Å². The number of hydrogen-bond acceptors (Lipinski definition) is 5. The van der Waals surface area contributed by atoms with Gasteiger partial charge in [0.25, 0.3) is 17.4 Å². The molecular weight excluding hydrogens is 470 g/mol. The van der Waals surface area contributed by atoms with Crippen LogP contribution in [0.25, 0.3) is 10.9 Å². The maximum absolute atomic E-state index is 13.9. The summed E-state index contributed by atoms with van der Waals surface area (Å²) in [5, 5.41) is 5.93. The van der Waals surface area contributed by atoms with E-state index in [0.29, 0.717) is 22.7 Å². The van der Waals surface area contributed by atoms with Gasteiger partial charge in [-0.15, -0.1) is 0 Å². The summed E-state index contributed by atoms with van der Waals surface area (Å²) >= 11 is 0. The van der Waals surface area contributed by atoms with Gasteiger partial charge in [-0.25, -0.2) is 4.99 Å². The van der Waals surface area contributed by atoms with Crippen LogP contribution < -0.4 is 15.8 Å². The Hall–Kier alpha value is -5.18. The molecule has 0 radical (unpaired) electrons. The molecule has 6 rings (SSSR count). The Bertz CT molecular complexity index is 1680. The summed E-state index contributed by atoms with van der Waals surface area (Å²) in [6.45, 7) is -0.0229. The number of carbonyl (C=O) groups is 2. The molecule has 5 aromatic rings. The molecular formula is C28H21N5O4. The lowest BCUT2D eigenvalue weighted by atomic mass is 10.0. The minimum atomic E-state index is -1.23. The zero-order valence-corrected chi connectivity index (χ0v) is 19.5. The van der Waals surface area contributed by atoms with Crippen LogP contribution in [0.3, 0.4) is 0 Å². The van der Waals surface area contributed by atoms with E-state index in [9.17, 15) is 14.4 Å². The maximum atomic E-state index is 13.9. The van der Waals surface area contributed by atoms with Gasteiger partial charge in [0.05, 0.1) is 17.9 Å². The molecule has 2 amide bonds. The number of H-pyrrole nitrogens is 2. The summed E-state index contributed by atoms with van der Waals surface area (Å²) in [6, 6.07) is 27.4. The quantitative estimate of drug-likeness (QED) is 0.348. The molecule has 0 saturated heterocycles. The highest BCUT2D eigenvalue weighted by molar-refractivity contribution is 6.20. The molecule has 2 aromatic heterocycles. The normalized spacial score (nSPS) is 15.2. The van der Waals surface area contributed by atoms with Crippen molar-refractivity contribution >= 4 is 34.1 Å². The number of para-hydroxylation sites is 2. The van der Waals surface area contributed by atoms with Crippen LogP contribution >= 0.6 is 0 Å². The largest absolute Gasteiger partial charge is 0.382 e. The number of aromatic nitrogens is 2. The Labute approximate surface area is 210 Å². The predicted molar refractivity (Wildman–Crippen MR) is 139 cm³/mol. The lowest BCUT2D eigenvalue weighted by Crippen LogP contribution is -2.47. The molecule has 37 heavy (non-hydrogen) atoms. The topological polar surface area (TPSA) is 124 Å². The van der Waals surface area contributed by atoms with E-state index in [1.807, 2.05) is 72.8 Å². The second-order valence-electron chi connectivity index (χ2n) is 8.61. The van der Waals surface area contributed by atoms with Gasteiger partial charge in [-0.1, -0.05) is 66.7 Å². The average Bonchev–Trinajstić information content (AvgIpc) is 3.53. The molecule has 3 heterocycles. The molecule has 0 bridgehead atoms. The van der Waals surface area contributed by atoms with Crippen molar-refractivity contribution in [2.45, 2.75) is 12.7 Å². The fraction of sp³-hybridized carbons (Fsp3) is 0.0714. The van der Waals surface area contributed by atoms with Gasteiger partial charge in [0.1, 0.15) is 5.69 Å². The van der Waals surface area contributed by atoms with Crippen molar-refractivity contribution in [3.05, 3.63) is 124 Å². The third kappa shape index (κ3) is 4.23. The van der Waals surface area contributed by atoms with Gasteiger partial charge in [-0.2, -0.15) is 5.16 Å². The van der Waals surface area contributed by atoms with Crippen LogP contribution in [0.4, 0.5) is 5.69 Å². The lowest BCUT2D eigenvalue weighted by molar-refractivity contribution is -0.120. The van der Waals surface area contributed by atoms with Crippen molar-refractivity contribution < 1.29 is 14.1 Å².